The highest BCUT2D eigenvalue weighted by molar-refractivity contribution is 6.35. The van der Waals surface area contributed by atoms with Crippen molar-refractivity contribution in [3.8, 4) is 22.4 Å². The van der Waals surface area contributed by atoms with E-state index in [9.17, 15) is 4.79 Å². The number of nitrogens with one attached hydrogen (secondary N) is 1. The maximum Gasteiger partial charge on any atom is 0.245 e. The minimum Gasteiger partial charge on any atom is -0.405 e. The van der Waals surface area contributed by atoms with E-state index in [1.54, 1.807) is 12.1 Å². The van der Waals surface area contributed by atoms with Crippen LogP contribution in [0, 0.1) is 24.7 Å². The second-order valence-electron chi connectivity index (χ2n) is 10.4. The molecule has 1 aromatic heterocycles. The minimum absolute atomic E-state index is 0.0181. The number of rotatable bonds is 6. The maximum absolute atomic E-state index is 12.0. The average molecular weight is 560 g/mol. The molecule has 7 N–H and O–H groups in total. The molecule has 2 aliphatic rings. The van der Waals surface area contributed by atoms with Gasteiger partial charge in [0.15, 0.2) is 0 Å². The summed E-state index contributed by atoms with van der Waals surface area (Å²) in [4.78, 5) is 13.8. The lowest BCUT2D eigenvalue weighted by Gasteiger charge is -2.58. The lowest BCUT2D eigenvalue weighted by Crippen LogP contribution is -2.63. The molecule has 9 heteroatoms. The summed E-state index contributed by atoms with van der Waals surface area (Å²) in [7, 11) is 0. The van der Waals surface area contributed by atoms with Crippen molar-refractivity contribution in [3.05, 3.63) is 70.5 Å². The Bertz CT molecular complexity index is 1510. The third-order valence-electron chi connectivity index (χ3n) is 7.92. The number of carbonyl (C=O) groups is 1. The molecule has 2 aromatic carbocycles. The van der Waals surface area contributed by atoms with Crippen molar-refractivity contribution in [3.63, 3.8) is 0 Å². The van der Waals surface area contributed by atoms with Crippen LogP contribution >= 0.6 is 11.6 Å². The number of nitrogen functional groups attached to an aromatic ring is 2. The Kier molecular flexibility index (Phi) is 8.12. The van der Waals surface area contributed by atoms with Gasteiger partial charge in [-0.05, 0) is 74.4 Å². The zero-order valence-electron chi connectivity index (χ0n) is 23.6. The molecule has 1 aliphatic carbocycles. The van der Waals surface area contributed by atoms with Crippen LogP contribution in [0.4, 0.5) is 11.4 Å². The number of hydrogen-bond acceptors (Lipinski definition) is 6. The molecule has 1 aliphatic heterocycles. The van der Waals surface area contributed by atoms with Gasteiger partial charge in [0.05, 0.1) is 11.1 Å². The summed E-state index contributed by atoms with van der Waals surface area (Å²) in [5.41, 5.74) is 25.7. The van der Waals surface area contributed by atoms with Gasteiger partial charge in [-0.2, -0.15) is 5.10 Å². The molecule has 0 atom stereocenters. The quantitative estimate of drug-likeness (QED) is 0.168. The van der Waals surface area contributed by atoms with E-state index < -0.39 is 0 Å². The fraction of sp³-hybridized carbons (Fsp3) is 0.323. The number of carbonyl (C=O) groups excluding carboxylic acids is 1. The summed E-state index contributed by atoms with van der Waals surface area (Å²) < 4.78 is 2.07. The third-order valence-corrected chi connectivity index (χ3v) is 8.41. The van der Waals surface area contributed by atoms with Crippen LogP contribution in [0.2, 0.25) is 5.02 Å². The topological polar surface area (TPSA) is 140 Å². The lowest BCUT2D eigenvalue weighted by atomic mass is 9.60. The standard InChI is InChI=1S/C29H32ClN7O.C2H6/c1-4-24(38)36-14-29(15-36)11-20(12-29)37-17(3)25(26-21(13-32)23(34)9-16(2)27(26)30)28(35-37)19-5-6-22(33)18(10-19)7-8-31;1-2/h4-10,13,20,32H,1,11-12,14-15,31,33-34H2,2-3H3;1-2H3/b8-7-,32-13?;. The number of nitrogens with zero attached hydrogens (tertiary/aromatic N) is 3. The van der Waals surface area contributed by atoms with Crippen molar-refractivity contribution in [1.82, 2.24) is 14.7 Å². The van der Waals surface area contributed by atoms with Crippen LogP contribution in [-0.2, 0) is 4.79 Å². The number of hydrogen-bond donors (Lipinski definition) is 4. The van der Waals surface area contributed by atoms with Crippen molar-refractivity contribution in [2.24, 2.45) is 11.1 Å². The highest BCUT2D eigenvalue weighted by Crippen LogP contribution is 2.55. The summed E-state index contributed by atoms with van der Waals surface area (Å²) in [6.07, 6.45) is 7.70. The molecule has 8 nitrogen and oxygen atoms in total. The van der Waals surface area contributed by atoms with E-state index >= 15 is 0 Å². The SMILES string of the molecule is C=CC(=O)N1CC2(CC(n3nc(-c4ccc(N)c(/C=C\N)c4)c(-c4c(Cl)c(C)cc(N)c4C=N)c3C)C2)C1.CC. The normalized spacial score (nSPS) is 15.8. The van der Waals surface area contributed by atoms with Crippen LogP contribution < -0.4 is 17.2 Å². The Morgan fingerprint density at radius 1 is 1.15 bits per heavy atom. The van der Waals surface area contributed by atoms with E-state index in [-0.39, 0.29) is 17.4 Å². The van der Waals surface area contributed by atoms with Gasteiger partial charge in [-0.3, -0.25) is 9.48 Å². The van der Waals surface area contributed by atoms with Crippen LogP contribution in [0.1, 0.15) is 55.1 Å². The molecule has 210 valence electrons. The second-order valence-corrected chi connectivity index (χ2v) is 10.8. The predicted octanol–water partition coefficient (Wildman–Crippen LogP) is 5.95. The fourth-order valence-electron chi connectivity index (χ4n) is 6.00. The van der Waals surface area contributed by atoms with E-state index in [1.807, 2.05) is 50.8 Å². The van der Waals surface area contributed by atoms with E-state index in [1.165, 1.54) is 18.5 Å². The van der Waals surface area contributed by atoms with Gasteiger partial charge in [-0.1, -0.05) is 38.1 Å². The second kappa shape index (κ2) is 11.2. The highest BCUT2D eigenvalue weighted by atomic mass is 35.5. The molecular weight excluding hydrogens is 522 g/mol. The first-order valence-corrected chi connectivity index (χ1v) is 13.9. The maximum atomic E-state index is 12.0. The zero-order valence-corrected chi connectivity index (χ0v) is 24.3. The smallest absolute Gasteiger partial charge is 0.245 e. The fourth-order valence-corrected chi connectivity index (χ4v) is 6.25. The minimum atomic E-state index is -0.0181. The van der Waals surface area contributed by atoms with Gasteiger partial charge in [-0.15, -0.1) is 0 Å². The summed E-state index contributed by atoms with van der Waals surface area (Å²) in [5.74, 6) is -0.0181. The Hall–Kier alpha value is -4.04. The number of aryl methyl sites for hydroxylation is 1. The van der Waals surface area contributed by atoms with Crippen molar-refractivity contribution < 1.29 is 4.79 Å². The van der Waals surface area contributed by atoms with E-state index in [2.05, 4.69) is 11.3 Å². The molecule has 3 aromatic rings. The molecule has 0 unspecified atom stereocenters. The summed E-state index contributed by atoms with van der Waals surface area (Å²) in [6, 6.07) is 7.71. The summed E-state index contributed by atoms with van der Waals surface area (Å²) >= 11 is 6.91. The first-order valence-electron chi connectivity index (χ1n) is 13.5. The van der Waals surface area contributed by atoms with Crippen molar-refractivity contribution >= 4 is 41.2 Å². The van der Waals surface area contributed by atoms with Crippen LogP contribution in [0.25, 0.3) is 28.5 Å². The molecule has 2 heterocycles. The number of benzene rings is 2. The first-order chi connectivity index (χ1) is 19.1. The largest absolute Gasteiger partial charge is 0.405 e. The van der Waals surface area contributed by atoms with E-state index in [0.29, 0.717) is 27.5 Å². The Morgan fingerprint density at radius 2 is 1.82 bits per heavy atom. The Balaban J connectivity index is 0.00000181. The van der Waals surface area contributed by atoms with Gasteiger partial charge >= 0.3 is 0 Å². The van der Waals surface area contributed by atoms with Gasteiger partial charge < -0.3 is 27.5 Å². The number of nitrogens with two attached hydrogens (primary N) is 3. The molecule has 1 spiro atoms. The predicted molar refractivity (Wildman–Crippen MR) is 166 cm³/mol. The zero-order chi connectivity index (χ0) is 29.4. The number of anilines is 2. The molecule has 1 amide bonds. The highest BCUT2D eigenvalue weighted by Gasteiger charge is 2.54. The lowest BCUT2D eigenvalue weighted by molar-refractivity contribution is -0.149. The third kappa shape index (κ3) is 4.77. The summed E-state index contributed by atoms with van der Waals surface area (Å²) in [6.45, 7) is 13.0. The Labute approximate surface area is 241 Å². The van der Waals surface area contributed by atoms with E-state index in [0.717, 1.165) is 59.6 Å². The average Bonchev–Trinajstić information content (AvgIpc) is 3.23. The van der Waals surface area contributed by atoms with Gasteiger partial charge in [0.2, 0.25) is 5.91 Å². The number of amides is 1. The van der Waals surface area contributed by atoms with Crippen LogP contribution in [-0.4, -0.2) is 39.9 Å². The number of likely N-dealkylation sites (tertiary alicyclic amines) is 1. The molecule has 2 fully saturated rings. The van der Waals surface area contributed by atoms with Crippen LogP contribution in [0.5, 0.6) is 0 Å². The molecule has 5 rings (SSSR count). The summed E-state index contributed by atoms with van der Waals surface area (Å²) in [5, 5.41) is 13.8. The molecule has 0 bridgehead atoms. The number of aromatic nitrogens is 2. The van der Waals surface area contributed by atoms with Gasteiger partial charge in [0.25, 0.3) is 0 Å². The molecule has 0 radical (unpaired) electrons. The van der Waals surface area contributed by atoms with Crippen LogP contribution in [0.3, 0.4) is 0 Å². The van der Waals surface area contributed by atoms with Crippen molar-refractivity contribution in [2.45, 2.75) is 46.6 Å². The molecule has 1 saturated carbocycles. The van der Waals surface area contributed by atoms with E-state index in [4.69, 9.17) is 39.3 Å². The van der Waals surface area contributed by atoms with Crippen LogP contribution in [0.15, 0.2) is 43.1 Å². The molecular formula is C31H38ClN7O. The first kappa shape index (κ1) is 29.0. The van der Waals surface area contributed by atoms with Crippen molar-refractivity contribution in [1.29, 1.82) is 5.41 Å². The number of halogens is 1. The van der Waals surface area contributed by atoms with Gasteiger partial charge in [0, 0.05) is 64.0 Å². The van der Waals surface area contributed by atoms with Gasteiger partial charge in [-0.25, -0.2) is 0 Å². The molecule has 40 heavy (non-hydrogen) atoms. The van der Waals surface area contributed by atoms with Gasteiger partial charge in [0.1, 0.15) is 5.69 Å². The Morgan fingerprint density at radius 3 is 2.42 bits per heavy atom. The monoisotopic (exact) mass is 559 g/mol. The van der Waals surface area contributed by atoms with Crippen molar-refractivity contribution in [2.75, 3.05) is 24.6 Å². The molecule has 1 saturated heterocycles.